The summed E-state index contributed by atoms with van der Waals surface area (Å²) in [7, 11) is 1.43. The van der Waals surface area contributed by atoms with Crippen molar-refractivity contribution in [2.24, 2.45) is 0 Å². The van der Waals surface area contributed by atoms with Gasteiger partial charge in [-0.05, 0) is 42.8 Å². The van der Waals surface area contributed by atoms with Crippen molar-refractivity contribution < 1.29 is 23.2 Å². The van der Waals surface area contributed by atoms with Gasteiger partial charge in [-0.1, -0.05) is 23.7 Å². The van der Waals surface area contributed by atoms with Crippen molar-refractivity contribution in [1.82, 2.24) is 10.1 Å². The highest BCUT2D eigenvalue weighted by Crippen LogP contribution is 2.29. The zero-order valence-corrected chi connectivity index (χ0v) is 18.3. The van der Waals surface area contributed by atoms with Crippen molar-refractivity contribution in [1.29, 1.82) is 0 Å². The Balaban J connectivity index is 1.65. The van der Waals surface area contributed by atoms with Gasteiger partial charge in [0.2, 0.25) is 11.8 Å². The van der Waals surface area contributed by atoms with Gasteiger partial charge in [-0.15, -0.1) is 0 Å². The molecule has 8 nitrogen and oxygen atoms in total. The number of amides is 2. The lowest BCUT2D eigenvalue weighted by Gasteiger charge is -2.13. The van der Waals surface area contributed by atoms with Gasteiger partial charge in [0.15, 0.2) is 5.82 Å². The monoisotopic (exact) mass is 460 g/mol. The molecule has 0 radical (unpaired) electrons. The summed E-state index contributed by atoms with van der Waals surface area (Å²) in [5.74, 6) is -0.333. The highest BCUT2D eigenvalue weighted by Gasteiger charge is 2.16. The number of anilines is 2. The van der Waals surface area contributed by atoms with Crippen LogP contribution < -0.4 is 15.4 Å². The second kappa shape index (κ2) is 10.7. The molecule has 0 spiro atoms. The number of ether oxygens (including phenoxy) is 1. The normalized spacial score (nSPS) is 10.6. The molecule has 0 unspecified atom stereocenters. The van der Waals surface area contributed by atoms with Crippen LogP contribution in [-0.2, 0) is 17.6 Å². The molecule has 0 fully saturated rings. The summed E-state index contributed by atoms with van der Waals surface area (Å²) in [6.45, 7) is 2.01. The van der Waals surface area contributed by atoms with Crippen LogP contribution >= 0.6 is 11.6 Å². The van der Waals surface area contributed by atoms with Crippen LogP contribution in [0.5, 0.6) is 5.75 Å². The van der Waals surface area contributed by atoms with Crippen molar-refractivity contribution in [2.75, 3.05) is 17.7 Å². The zero-order valence-electron chi connectivity index (χ0n) is 17.6. The molecule has 0 atom stereocenters. The number of carbonyl (C=O) groups is 2. The van der Waals surface area contributed by atoms with Crippen LogP contribution in [0.15, 0.2) is 40.9 Å². The van der Waals surface area contributed by atoms with Crippen LogP contribution in [0.1, 0.15) is 41.8 Å². The lowest BCUT2D eigenvalue weighted by atomic mass is 10.2. The smallest absolute Gasteiger partial charge is 0.258 e. The Morgan fingerprint density at radius 2 is 1.97 bits per heavy atom. The molecule has 2 N–H and O–H groups in total. The lowest BCUT2D eigenvalue weighted by Crippen LogP contribution is -2.16. The average molecular weight is 461 g/mol. The molecule has 3 aromatic rings. The van der Waals surface area contributed by atoms with Crippen LogP contribution in [0.3, 0.4) is 0 Å². The molecule has 168 valence electrons. The van der Waals surface area contributed by atoms with Crippen molar-refractivity contribution in [3.63, 3.8) is 0 Å². The third-order valence-electron chi connectivity index (χ3n) is 4.46. The summed E-state index contributed by atoms with van der Waals surface area (Å²) >= 11 is 5.73. The predicted octanol–water partition coefficient (Wildman–Crippen LogP) is 4.65. The van der Waals surface area contributed by atoms with Gasteiger partial charge in [-0.3, -0.25) is 9.59 Å². The molecule has 0 aliphatic heterocycles. The Kier molecular flexibility index (Phi) is 7.77. The minimum absolute atomic E-state index is 0.136. The van der Waals surface area contributed by atoms with Gasteiger partial charge in [0.25, 0.3) is 5.91 Å². The van der Waals surface area contributed by atoms with Crippen LogP contribution in [0.2, 0.25) is 5.02 Å². The fourth-order valence-electron chi connectivity index (χ4n) is 2.91. The maximum atomic E-state index is 14.1. The molecule has 10 heteroatoms. The van der Waals surface area contributed by atoms with Gasteiger partial charge in [-0.25, -0.2) is 4.39 Å². The van der Waals surface area contributed by atoms with Crippen LogP contribution in [-0.4, -0.2) is 29.1 Å². The van der Waals surface area contributed by atoms with Crippen LogP contribution in [0, 0.1) is 5.82 Å². The Hall–Kier alpha value is -3.46. The standard InChI is InChI=1S/C22H22ClFN4O4/c1-3-4-19-27-21(32-28-19)10-9-20(29)25-14-6-8-18(31-2)17(12-14)26-22(30)15-7-5-13(23)11-16(15)24/h5-8,11-12H,3-4,9-10H2,1-2H3,(H,25,29)(H,26,30). The maximum absolute atomic E-state index is 14.1. The second-order valence-corrected chi connectivity index (χ2v) is 7.33. The molecule has 3 rings (SSSR count). The number of nitrogens with zero attached hydrogens (tertiary/aromatic N) is 2. The van der Waals surface area contributed by atoms with E-state index in [2.05, 4.69) is 20.8 Å². The van der Waals surface area contributed by atoms with Gasteiger partial charge in [0, 0.05) is 30.0 Å². The van der Waals surface area contributed by atoms with Crippen LogP contribution in [0.4, 0.5) is 15.8 Å². The SMILES string of the molecule is CCCc1noc(CCC(=O)Nc2ccc(OC)c(NC(=O)c3ccc(Cl)cc3F)c2)n1. The first kappa shape index (κ1) is 23.2. The summed E-state index contributed by atoms with van der Waals surface area (Å²) < 4.78 is 24.4. The Labute approximate surface area is 189 Å². The number of methoxy groups -OCH3 is 1. The van der Waals surface area contributed by atoms with E-state index in [0.29, 0.717) is 29.6 Å². The molecule has 1 aromatic heterocycles. The molecule has 32 heavy (non-hydrogen) atoms. The number of carbonyl (C=O) groups excluding carboxylic acids is 2. The molecule has 0 aliphatic rings. The largest absolute Gasteiger partial charge is 0.495 e. The third-order valence-corrected chi connectivity index (χ3v) is 4.69. The Bertz CT molecular complexity index is 1120. The molecule has 0 saturated heterocycles. The van der Waals surface area contributed by atoms with Gasteiger partial charge in [0.1, 0.15) is 11.6 Å². The Morgan fingerprint density at radius 1 is 1.16 bits per heavy atom. The summed E-state index contributed by atoms with van der Waals surface area (Å²) in [5.41, 5.74) is 0.526. The fraction of sp³-hybridized carbons (Fsp3) is 0.273. The number of nitrogens with one attached hydrogen (secondary N) is 2. The number of halogens is 2. The first-order valence-electron chi connectivity index (χ1n) is 9.95. The minimum atomic E-state index is -0.749. The van der Waals surface area contributed by atoms with E-state index < -0.39 is 11.7 Å². The number of benzene rings is 2. The van der Waals surface area contributed by atoms with Crippen molar-refractivity contribution in [3.8, 4) is 5.75 Å². The maximum Gasteiger partial charge on any atom is 0.258 e. The van der Waals surface area contributed by atoms with E-state index in [-0.39, 0.29) is 28.6 Å². The van der Waals surface area contributed by atoms with Crippen molar-refractivity contribution in [2.45, 2.75) is 32.6 Å². The molecule has 0 aliphatic carbocycles. The number of hydrogen-bond acceptors (Lipinski definition) is 6. The first-order chi connectivity index (χ1) is 15.4. The molecular formula is C22H22ClFN4O4. The third kappa shape index (κ3) is 6.04. The van der Waals surface area contributed by atoms with Crippen molar-refractivity contribution >= 4 is 34.8 Å². The van der Waals surface area contributed by atoms with E-state index in [1.165, 1.54) is 25.3 Å². The summed E-state index contributed by atoms with van der Waals surface area (Å²) in [4.78, 5) is 29.0. The van der Waals surface area contributed by atoms with Crippen molar-refractivity contribution in [3.05, 3.63) is 64.5 Å². The van der Waals surface area contributed by atoms with E-state index in [1.54, 1.807) is 12.1 Å². The molecule has 0 bridgehead atoms. The number of aryl methyl sites for hydroxylation is 2. The van der Waals surface area contributed by atoms with E-state index in [4.69, 9.17) is 20.9 Å². The summed E-state index contributed by atoms with van der Waals surface area (Å²) in [6, 6.07) is 8.49. The molecule has 2 amide bonds. The minimum Gasteiger partial charge on any atom is -0.495 e. The van der Waals surface area contributed by atoms with Gasteiger partial charge in [-0.2, -0.15) is 4.98 Å². The Morgan fingerprint density at radius 3 is 2.69 bits per heavy atom. The zero-order chi connectivity index (χ0) is 23.1. The van der Waals surface area contributed by atoms with E-state index >= 15 is 0 Å². The molecule has 2 aromatic carbocycles. The molecule has 1 heterocycles. The highest BCUT2D eigenvalue weighted by atomic mass is 35.5. The molecular weight excluding hydrogens is 439 g/mol. The number of aromatic nitrogens is 2. The number of rotatable bonds is 9. The van der Waals surface area contributed by atoms with Gasteiger partial charge < -0.3 is 19.9 Å². The molecule has 0 saturated carbocycles. The van der Waals surface area contributed by atoms with Crippen LogP contribution in [0.25, 0.3) is 0 Å². The lowest BCUT2D eigenvalue weighted by molar-refractivity contribution is -0.116. The number of hydrogen-bond donors (Lipinski definition) is 2. The predicted molar refractivity (Wildman–Crippen MR) is 118 cm³/mol. The second-order valence-electron chi connectivity index (χ2n) is 6.90. The van der Waals surface area contributed by atoms with Gasteiger partial charge >= 0.3 is 0 Å². The van der Waals surface area contributed by atoms with E-state index in [1.807, 2.05) is 6.92 Å². The van der Waals surface area contributed by atoms with E-state index in [0.717, 1.165) is 18.9 Å². The highest BCUT2D eigenvalue weighted by molar-refractivity contribution is 6.30. The summed E-state index contributed by atoms with van der Waals surface area (Å²) in [6.07, 6.45) is 2.06. The van der Waals surface area contributed by atoms with E-state index in [9.17, 15) is 14.0 Å². The summed E-state index contributed by atoms with van der Waals surface area (Å²) in [5, 5.41) is 9.37. The topological polar surface area (TPSA) is 106 Å². The average Bonchev–Trinajstić information content (AvgIpc) is 3.20. The first-order valence-corrected chi connectivity index (χ1v) is 10.3. The van der Waals surface area contributed by atoms with Gasteiger partial charge in [0.05, 0.1) is 18.4 Å². The quantitative estimate of drug-likeness (QED) is 0.481. The fourth-order valence-corrected chi connectivity index (χ4v) is 3.07.